The molecule has 0 radical (unpaired) electrons. The van der Waals surface area contributed by atoms with E-state index in [0.717, 1.165) is 26.1 Å². The van der Waals surface area contributed by atoms with Gasteiger partial charge in [-0.05, 0) is 31.7 Å². The van der Waals surface area contributed by atoms with Gasteiger partial charge in [0.2, 0.25) is 0 Å². The second-order valence-electron chi connectivity index (χ2n) is 6.75. The Morgan fingerprint density at radius 2 is 1.90 bits per heavy atom. The van der Waals surface area contributed by atoms with Crippen molar-refractivity contribution in [3.05, 3.63) is 0 Å². The van der Waals surface area contributed by atoms with Gasteiger partial charge >= 0.3 is 0 Å². The number of piperazine rings is 1. The number of hydrogen-bond donors (Lipinski definition) is 1. The summed E-state index contributed by atoms with van der Waals surface area (Å²) in [4.78, 5) is 2.65. The van der Waals surface area contributed by atoms with E-state index in [1.54, 1.807) is 0 Å². The van der Waals surface area contributed by atoms with Gasteiger partial charge in [-0.2, -0.15) is 0 Å². The maximum Gasteiger partial charge on any atom is 0.0329 e. The largest absolute Gasteiger partial charge is 0.308 e. The summed E-state index contributed by atoms with van der Waals surface area (Å²) in [6.07, 6.45) is 5.22. The lowest BCUT2D eigenvalue weighted by Gasteiger charge is -2.49. The Hall–Kier alpha value is 0.0700. The average Bonchev–Trinajstić information content (AvgIpc) is 2.43. The minimum absolute atomic E-state index is 0.278. The van der Waals surface area contributed by atoms with Crippen LogP contribution in [0.25, 0.3) is 0 Å². The first-order valence-electron chi connectivity index (χ1n) is 8.16. The van der Waals surface area contributed by atoms with Crippen LogP contribution in [0.2, 0.25) is 0 Å². The molecule has 1 heterocycles. The smallest absolute Gasteiger partial charge is 0.0329 e. The van der Waals surface area contributed by atoms with Crippen LogP contribution in [0.15, 0.2) is 0 Å². The van der Waals surface area contributed by atoms with Gasteiger partial charge in [0, 0.05) is 47.0 Å². The van der Waals surface area contributed by atoms with Gasteiger partial charge in [0.05, 0.1) is 0 Å². The van der Waals surface area contributed by atoms with Crippen molar-refractivity contribution in [3.8, 4) is 0 Å². The van der Waals surface area contributed by atoms with Crippen LogP contribution < -0.4 is 5.32 Å². The van der Waals surface area contributed by atoms with Crippen molar-refractivity contribution in [2.45, 2.75) is 70.7 Å². The Labute approximate surface area is 128 Å². The molecule has 20 heavy (non-hydrogen) atoms. The molecule has 1 aliphatic rings. The Kier molecular flexibility index (Phi) is 7.16. The number of hydrogen-bond acceptors (Lipinski definition) is 3. The van der Waals surface area contributed by atoms with Crippen molar-refractivity contribution < 1.29 is 4.21 Å². The van der Waals surface area contributed by atoms with Crippen LogP contribution in [-0.4, -0.2) is 51.8 Å². The van der Waals surface area contributed by atoms with Gasteiger partial charge in [0.15, 0.2) is 0 Å². The molecule has 0 bridgehead atoms. The van der Waals surface area contributed by atoms with Crippen LogP contribution in [0.5, 0.6) is 0 Å². The molecule has 3 unspecified atom stereocenters. The summed E-state index contributed by atoms with van der Waals surface area (Å²) in [6.45, 7) is 14.6. The Bertz CT molecular complexity index is 316. The van der Waals surface area contributed by atoms with E-state index >= 15 is 0 Å². The predicted molar refractivity (Wildman–Crippen MR) is 89.7 cm³/mol. The lowest BCUT2D eigenvalue weighted by atomic mass is 9.86. The van der Waals surface area contributed by atoms with E-state index in [-0.39, 0.29) is 5.54 Å². The highest BCUT2D eigenvalue weighted by atomic mass is 32.2. The van der Waals surface area contributed by atoms with Gasteiger partial charge < -0.3 is 5.32 Å². The molecule has 4 heteroatoms. The van der Waals surface area contributed by atoms with Gasteiger partial charge in [-0.3, -0.25) is 9.11 Å². The summed E-state index contributed by atoms with van der Waals surface area (Å²) < 4.78 is 11.6. The van der Waals surface area contributed by atoms with Crippen molar-refractivity contribution >= 4 is 10.8 Å². The Morgan fingerprint density at radius 1 is 1.30 bits per heavy atom. The van der Waals surface area contributed by atoms with Crippen molar-refractivity contribution in [2.75, 3.05) is 25.9 Å². The summed E-state index contributed by atoms with van der Waals surface area (Å²) in [6, 6.07) is 0.610. The van der Waals surface area contributed by atoms with Crippen molar-refractivity contribution in [3.63, 3.8) is 0 Å². The van der Waals surface area contributed by atoms with Crippen LogP contribution in [0.1, 0.15) is 53.9 Å². The van der Waals surface area contributed by atoms with Crippen LogP contribution in [0.3, 0.4) is 0 Å². The normalized spacial score (nSPS) is 26.6. The summed E-state index contributed by atoms with van der Waals surface area (Å²) in [5, 5.41) is 4.10. The molecule has 120 valence electrons. The lowest BCUT2D eigenvalue weighted by molar-refractivity contribution is 0.0497. The lowest BCUT2D eigenvalue weighted by Crippen LogP contribution is -2.65. The molecule has 1 fully saturated rings. The highest BCUT2D eigenvalue weighted by Gasteiger charge is 2.37. The van der Waals surface area contributed by atoms with Crippen LogP contribution >= 0.6 is 0 Å². The first kappa shape index (κ1) is 18.1. The molecule has 3 atom stereocenters. The number of nitrogens with one attached hydrogen (secondary N) is 1. The molecule has 0 amide bonds. The minimum atomic E-state index is -0.702. The van der Waals surface area contributed by atoms with Gasteiger partial charge in [0.25, 0.3) is 0 Å². The number of nitrogens with zero attached hydrogens (tertiary/aromatic N) is 1. The maximum atomic E-state index is 11.6. The zero-order chi connectivity index (χ0) is 15.3. The third-order valence-corrected chi connectivity index (χ3v) is 6.54. The van der Waals surface area contributed by atoms with Crippen LogP contribution in [0.4, 0.5) is 0 Å². The Balaban J connectivity index is 2.71. The van der Waals surface area contributed by atoms with Crippen molar-refractivity contribution in [1.29, 1.82) is 0 Å². The monoisotopic (exact) mass is 302 g/mol. The molecular weight excluding hydrogens is 268 g/mol. The minimum Gasteiger partial charge on any atom is -0.308 e. The molecule has 1 aliphatic heterocycles. The molecule has 0 aliphatic carbocycles. The van der Waals surface area contributed by atoms with Crippen molar-refractivity contribution in [1.82, 2.24) is 10.2 Å². The van der Waals surface area contributed by atoms with Gasteiger partial charge in [-0.15, -0.1) is 0 Å². The Morgan fingerprint density at radius 3 is 2.35 bits per heavy atom. The fraction of sp³-hybridized carbons (Fsp3) is 1.00. The summed E-state index contributed by atoms with van der Waals surface area (Å²) >= 11 is 0. The van der Waals surface area contributed by atoms with Crippen LogP contribution in [-0.2, 0) is 10.8 Å². The van der Waals surface area contributed by atoms with E-state index < -0.39 is 10.8 Å². The first-order chi connectivity index (χ1) is 9.35. The zero-order valence-electron chi connectivity index (χ0n) is 14.2. The molecule has 1 saturated heterocycles. The molecule has 1 N–H and O–H groups in total. The second kappa shape index (κ2) is 7.90. The second-order valence-corrected chi connectivity index (χ2v) is 8.55. The molecule has 0 aromatic rings. The molecular formula is C16H34N2OS. The standard InChI is InChI=1S/C16H34N2OS/c1-7-16(8-2)12-18(10-9-14(5)20(6)19)15(11-17-16)13(3)4/h13-15,17H,7-12H2,1-6H3. The molecule has 1 rings (SSSR count). The van der Waals surface area contributed by atoms with E-state index in [1.807, 2.05) is 6.26 Å². The molecule has 0 aromatic heterocycles. The van der Waals surface area contributed by atoms with Gasteiger partial charge in [0.1, 0.15) is 0 Å². The molecule has 0 saturated carbocycles. The fourth-order valence-corrected chi connectivity index (χ4v) is 3.59. The van der Waals surface area contributed by atoms with E-state index in [1.165, 1.54) is 12.8 Å². The quantitative estimate of drug-likeness (QED) is 0.784. The predicted octanol–water partition coefficient (Wildman–Crippen LogP) is 2.63. The van der Waals surface area contributed by atoms with Gasteiger partial charge in [-0.25, -0.2) is 0 Å². The SMILES string of the molecule is CCC1(CC)CN(CCC(C)S(C)=O)C(C(C)C)CN1. The van der Waals surface area contributed by atoms with E-state index in [0.29, 0.717) is 17.2 Å². The summed E-state index contributed by atoms with van der Waals surface area (Å²) in [5.74, 6) is 0.664. The summed E-state index contributed by atoms with van der Waals surface area (Å²) in [5.41, 5.74) is 0.278. The maximum absolute atomic E-state index is 11.6. The average molecular weight is 303 g/mol. The fourth-order valence-electron chi connectivity index (χ4n) is 3.15. The highest BCUT2D eigenvalue weighted by molar-refractivity contribution is 7.84. The topological polar surface area (TPSA) is 32.3 Å². The van der Waals surface area contributed by atoms with E-state index in [4.69, 9.17) is 0 Å². The third kappa shape index (κ3) is 4.54. The first-order valence-corrected chi connectivity index (χ1v) is 9.78. The van der Waals surface area contributed by atoms with E-state index in [9.17, 15) is 4.21 Å². The number of rotatable bonds is 7. The van der Waals surface area contributed by atoms with Gasteiger partial charge in [-0.1, -0.05) is 34.6 Å². The van der Waals surface area contributed by atoms with Crippen molar-refractivity contribution in [2.24, 2.45) is 5.92 Å². The zero-order valence-corrected chi connectivity index (χ0v) is 15.1. The highest BCUT2D eigenvalue weighted by Crippen LogP contribution is 2.26. The third-order valence-electron chi connectivity index (χ3n) is 5.17. The molecule has 0 aromatic carbocycles. The molecule has 3 nitrogen and oxygen atoms in total. The van der Waals surface area contributed by atoms with E-state index in [2.05, 4.69) is 44.8 Å². The van der Waals surface area contributed by atoms with Crippen LogP contribution in [0, 0.1) is 5.92 Å². The molecule has 0 spiro atoms. The summed E-state index contributed by atoms with van der Waals surface area (Å²) in [7, 11) is -0.702.